The highest BCUT2D eigenvalue weighted by atomic mass is 16.2. The van der Waals surface area contributed by atoms with Gasteiger partial charge < -0.3 is 20.4 Å². The van der Waals surface area contributed by atoms with Crippen LogP contribution in [0, 0.1) is 5.92 Å². The van der Waals surface area contributed by atoms with Crippen molar-refractivity contribution >= 4 is 23.2 Å². The molecule has 2 aromatic carbocycles. The number of amides is 2. The van der Waals surface area contributed by atoms with Gasteiger partial charge in [0.1, 0.15) is 0 Å². The summed E-state index contributed by atoms with van der Waals surface area (Å²) in [6.45, 7) is 7.55. The first-order chi connectivity index (χ1) is 14.9. The molecule has 0 saturated heterocycles. The molecular formula is C25H34N4O2. The predicted molar refractivity (Wildman–Crippen MR) is 127 cm³/mol. The van der Waals surface area contributed by atoms with Gasteiger partial charge in [-0.3, -0.25) is 9.59 Å². The molecule has 0 spiro atoms. The van der Waals surface area contributed by atoms with E-state index in [1.807, 2.05) is 49.3 Å². The van der Waals surface area contributed by atoms with E-state index in [0.29, 0.717) is 17.8 Å². The molecule has 0 bridgehead atoms. The molecule has 2 atom stereocenters. The Labute approximate surface area is 185 Å². The van der Waals surface area contributed by atoms with Crippen molar-refractivity contribution in [2.75, 3.05) is 50.5 Å². The summed E-state index contributed by atoms with van der Waals surface area (Å²) in [5.41, 5.74) is 3.26. The number of nitrogens with zero attached hydrogens (tertiary/aromatic N) is 2. The molecule has 0 heterocycles. The zero-order chi connectivity index (χ0) is 22.4. The fraction of sp³-hybridized carbons (Fsp3) is 0.440. The van der Waals surface area contributed by atoms with Crippen LogP contribution in [0.25, 0.3) is 0 Å². The van der Waals surface area contributed by atoms with Gasteiger partial charge in [0.25, 0.3) is 5.91 Å². The molecule has 31 heavy (non-hydrogen) atoms. The van der Waals surface area contributed by atoms with Crippen molar-refractivity contribution in [3.63, 3.8) is 0 Å². The molecule has 1 saturated carbocycles. The number of carbonyl (C=O) groups is 2. The van der Waals surface area contributed by atoms with Gasteiger partial charge in [0.05, 0.1) is 5.56 Å². The van der Waals surface area contributed by atoms with Crippen LogP contribution in [0.1, 0.15) is 42.1 Å². The topological polar surface area (TPSA) is 64.7 Å². The number of hydrogen-bond acceptors (Lipinski definition) is 4. The molecule has 0 radical (unpaired) electrons. The number of nitrogens with one attached hydrogen (secondary N) is 2. The third kappa shape index (κ3) is 5.85. The van der Waals surface area contributed by atoms with Gasteiger partial charge in [0.15, 0.2) is 0 Å². The first-order valence-corrected chi connectivity index (χ1v) is 11.1. The van der Waals surface area contributed by atoms with Gasteiger partial charge in [-0.25, -0.2) is 0 Å². The lowest BCUT2D eigenvalue weighted by Gasteiger charge is -2.20. The molecule has 1 aliphatic rings. The third-order valence-electron chi connectivity index (χ3n) is 5.95. The van der Waals surface area contributed by atoms with Crippen LogP contribution in [0.2, 0.25) is 0 Å². The highest BCUT2D eigenvalue weighted by Crippen LogP contribution is 2.47. The SMILES string of the molecule is CCN(CC)CCNC(=O)c1cc(NC(=O)[C@@H]2C[C@H]2c2ccccc2)ccc1N(C)C. The number of hydrogen-bond donors (Lipinski definition) is 2. The molecule has 2 aromatic rings. The van der Waals surface area contributed by atoms with E-state index in [2.05, 4.69) is 41.5 Å². The Morgan fingerprint density at radius 1 is 1.03 bits per heavy atom. The third-order valence-corrected chi connectivity index (χ3v) is 5.95. The molecule has 166 valence electrons. The monoisotopic (exact) mass is 422 g/mol. The maximum atomic E-state index is 12.9. The van der Waals surface area contributed by atoms with E-state index in [9.17, 15) is 9.59 Å². The Morgan fingerprint density at radius 3 is 2.39 bits per heavy atom. The lowest BCUT2D eigenvalue weighted by atomic mass is 10.1. The summed E-state index contributed by atoms with van der Waals surface area (Å²) in [4.78, 5) is 29.8. The van der Waals surface area contributed by atoms with Crippen LogP contribution in [0.3, 0.4) is 0 Å². The average Bonchev–Trinajstić information content (AvgIpc) is 3.58. The minimum Gasteiger partial charge on any atom is -0.377 e. The average molecular weight is 423 g/mol. The number of likely N-dealkylation sites (N-methyl/N-ethyl adjacent to an activating group) is 1. The van der Waals surface area contributed by atoms with Crippen molar-refractivity contribution < 1.29 is 9.59 Å². The summed E-state index contributed by atoms with van der Waals surface area (Å²) in [6.07, 6.45) is 0.865. The second kappa shape index (κ2) is 10.4. The largest absolute Gasteiger partial charge is 0.377 e. The van der Waals surface area contributed by atoms with Crippen LogP contribution in [0.5, 0.6) is 0 Å². The van der Waals surface area contributed by atoms with Crippen LogP contribution >= 0.6 is 0 Å². The molecule has 1 aliphatic carbocycles. The molecule has 1 fully saturated rings. The van der Waals surface area contributed by atoms with E-state index in [4.69, 9.17) is 0 Å². The quantitative estimate of drug-likeness (QED) is 0.614. The minimum absolute atomic E-state index is 0.0118. The fourth-order valence-corrected chi connectivity index (χ4v) is 3.94. The van der Waals surface area contributed by atoms with Crippen LogP contribution in [-0.4, -0.2) is 57.0 Å². The fourth-order valence-electron chi connectivity index (χ4n) is 3.94. The summed E-state index contributed by atoms with van der Waals surface area (Å²) in [5, 5.41) is 6.03. The molecule has 2 N–H and O–H groups in total. The van der Waals surface area contributed by atoms with Gasteiger partial charge in [-0.1, -0.05) is 44.2 Å². The highest BCUT2D eigenvalue weighted by molar-refractivity contribution is 6.02. The molecule has 0 unspecified atom stereocenters. The molecule has 0 aliphatic heterocycles. The van der Waals surface area contributed by atoms with Crippen molar-refractivity contribution in [1.82, 2.24) is 10.2 Å². The molecule has 3 rings (SSSR count). The van der Waals surface area contributed by atoms with E-state index in [1.165, 1.54) is 5.56 Å². The van der Waals surface area contributed by atoms with E-state index in [0.717, 1.165) is 31.7 Å². The first kappa shape index (κ1) is 22.8. The van der Waals surface area contributed by atoms with Crippen LogP contribution in [0.4, 0.5) is 11.4 Å². The van der Waals surface area contributed by atoms with Crippen molar-refractivity contribution in [3.05, 3.63) is 59.7 Å². The van der Waals surface area contributed by atoms with Crippen molar-refractivity contribution in [3.8, 4) is 0 Å². The lowest BCUT2D eigenvalue weighted by molar-refractivity contribution is -0.117. The van der Waals surface area contributed by atoms with E-state index < -0.39 is 0 Å². The zero-order valence-electron chi connectivity index (χ0n) is 19.0. The summed E-state index contributed by atoms with van der Waals surface area (Å²) in [6, 6.07) is 15.7. The second-order valence-corrected chi connectivity index (χ2v) is 8.26. The van der Waals surface area contributed by atoms with Crippen LogP contribution < -0.4 is 15.5 Å². The van der Waals surface area contributed by atoms with E-state index in [-0.39, 0.29) is 23.7 Å². The second-order valence-electron chi connectivity index (χ2n) is 8.26. The number of anilines is 2. The van der Waals surface area contributed by atoms with Gasteiger partial charge in [-0.05, 0) is 49.2 Å². The Morgan fingerprint density at radius 2 is 1.74 bits per heavy atom. The molecule has 2 amide bonds. The zero-order valence-corrected chi connectivity index (χ0v) is 19.0. The Balaban J connectivity index is 1.65. The molecule has 6 heteroatoms. The number of rotatable bonds is 10. The number of benzene rings is 2. The number of carbonyl (C=O) groups excluding carboxylic acids is 2. The maximum Gasteiger partial charge on any atom is 0.253 e. The van der Waals surface area contributed by atoms with Crippen molar-refractivity contribution in [1.29, 1.82) is 0 Å². The minimum atomic E-state index is -0.125. The van der Waals surface area contributed by atoms with E-state index in [1.54, 1.807) is 6.07 Å². The predicted octanol–water partition coefficient (Wildman–Crippen LogP) is 3.57. The van der Waals surface area contributed by atoms with Crippen LogP contribution in [0.15, 0.2) is 48.5 Å². The molecule has 0 aromatic heterocycles. The van der Waals surface area contributed by atoms with Crippen LogP contribution in [-0.2, 0) is 4.79 Å². The van der Waals surface area contributed by atoms with Gasteiger partial charge in [0, 0.05) is 44.5 Å². The Kier molecular flexibility index (Phi) is 7.69. The smallest absolute Gasteiger partial charge is 0.253 e. The van der Waals surface area contributed by atoms with E-state index >= 15 is 0 Å². The normalized spacial score (nSPS) is 17.3. The first-order valence-electron chi connectivity index (χ1n) is 11.1. The molecule has 6 nitrogen and oxygen atoms in total. The van der Waals surface area contributed by atoms with Gasteiger partial charge in [0.2, 0.25) is 5.91 Å². The Bertz CT molecular complexity index is 894. The summed E-state index contributed by atoms with van der Waals surface area (Å²) in [5.74, 6) is 0.159. The maximum absolute atomic E-state index is 12.9. The van der Waals surface area contributed by atoms with Crippen molar-refractivity contribution in [2.24, 2.45) is 5.92 Å². The van der Waals surface area contributed by atoms with Gasteiger partial charge in [-0.2, -0.15) is 0 Å². The summed E-state index contributed by atoms with van der Waals surface area (Å²) >= 11 is 0. The lowest BCUT2D eigenvalue weighted by Crippen LogP contribution is -2.35. The summed E-state index contributed by atoms with van der Waals surface area (Å²) < 4.78 is 0. The summed E-state index contributed by atoms with van der Waals surface area (Å²) in [7, 11) is 3.82. The van der Waals surface area contributed by atoms with Gasteiger partial charge in [-0.15, -0.1) is 0 Å². The molecular weight excluding hydrogens is 388 g/mol. The Hall–Kier alpha value is -2.86. The standard InChI is InChI=1S/C25H34N4O2/c1-5-29(6-2)15-14-26-24(30)22-16-19(12-13-23(22)28(3)4)27-25(31)21-17-20(21)18-10-8-7-9-11-18/h7-13,16,20-21H,5-6,14-15,17H2,1-4H3,(H,26,30)(H,27,31)/t20-,21+/m0/s1. The van der Waals surface area contributed by atoms with Gasteiger partial charge >= 0.3 is 0 Å². The highest BCUT2D eigenvalue weighted by Gasteiger charge is 2.43. The van der Waals surface area contributed by atoms with Crippen molar-refractivity contribution in [2.45, 2.75) is 26.2 Å².